The molecule has 0 bridgehead atoms. The number of nitrogens with one attached hydrogen (secondary N) is 1. The van der Waals surface area contributed by atoms with Crippen LogP contribution >= 0.6 is 0 Å². The van der Waals surface area contributed by atoms with Gasteiger partial charge in [0, 0.05) is 30.3 Å². The molecule has 6 heteroatoms. The Morgan fingerprint density at radius 2 is 2.03 bits per heavy atom. The van der Waals surface area contributed by atoms with Gasteiger partial charge in [0.05, 0.1) is 19.8 Å². The van der Waals surface area contributed by atoms with E-state index >= 15 is 0 Å². The summed E-state index contributed by atoms with van der Waals surface area (Å²) in [7, 11) is 1.67. The number of rotatable bonds is 7. The van der Waals surface area contributed by atoms with E-state index < -0.39 is 5.54 Å². The zero-order valence-corrected chi connectivity index (χ0v) is 18.2. The van der Waals surface area contributed by atoms with Crippen LogP contribution in [0, 0.1) is 0 Å². The molecule has 0 aromatic heterocycles. The summed E-state index contributed by atoms with van der Waals surface area (Å²) in [5, 5.41) is 15.0. The van der Waals surface area contributed by atoms with Crippen LogP contribution in [0.3, 0.4) is 0 Å². The lowest BCUT2D eigenvalue weighted by Gasteiger charge is -2.36. The van der Waals surface area contributed by atoms with Crippen molar-refractivity contribution in [3.63, 3.8) is 0 Å². The van der Waals surface area contributed by atoms with E-state index in [0.717, 1.165) is 47.8 Å². The van der Waals surface area contributed by atoms with Crippen molar-refractivity contribution in [2.45, 2.75) is 62.9 Å². The Hall–Kier alpha value is -2.60. The number of aliphatic hydroxyl groups excluding tert-OH is 1. The van der Waals surface area contributed by atoms with Crippen molar-refractivity contribution in [3.8, 4) is 5.75 Å². The van der Waals surface area contributed by atoms with Crippen LogP contribution in [0.1, 0.15) is 50.5 Å². The molecule has 2 aromatic carbocycles. The molecule has 2 atom stereocenters. The Morgan fingerprint density at radius 1 is 1.23 bits per heavy atom. The molecule has 6 nitrogen and oxygen atoms in total. The third-order valence-corrected chi connectivity index (χ3v) is 6.93. The molecule has 0 radical (unpaired) electrons. The third-order valence-electron chi connectivity index (χ3n) is 6.93. The van der Waals surface area contributed by atoms with Crippen LogP contribution in [0.25, 0.3) is 10.8 Å². The fourth-order valence-electron chi connectivity index (χ4n) is 5.22. The molecule has 166 valence electrons. The van der Waals surface area contributed by atoms with Gasteiger partial charge in [-0.15, -0.1) is 0 Å². The Morgan fingerprint density at radius 3 is 2.74 bits per heavy atom. The molecule has 4 rings (SSSR count). The van der Waals surface area contributed by atoms with Crippen LogP contribution in [-0.4, -0.2) is 53.7 Å². The van der Waals surface area contributed by atoms with Gasteiger partial charge in [0.2, 0.25) is 11.8 Å². The van der Waals surface area contributed by atoms with Crippen molar-refractivity contribution in [3.05, 3.63) is 42.0 Å². The first-order chi connectivity index (χ1) is 15.0. The number of hydrogen-bond acceptors (Lipinski definition) is 4. The molecule has 31 heavy (non-hydrogen) atoms. The monoisotopic (exact) mass is 424 g/mol. The number of likely N-dealkylation sites (tertiary alicyclic amines) is 1. The fraction of sp³-hybridized carbons (Fsp3) is 0.520. The summed E-state index contributed by atoms with van der Waals surface area (Å²) in [6.07, 6.45) is 5.79. The third kappa shape index (κ3) is 4.54. The molecule has 2 amide bonds. The minimum atomic E-state index is -0.422. The number of benzene rings is 2. The molecular weight excluding hydrogens is 392 g/mol. The number of ether oxygens (including phenoxy) is 1. The highest BCUT2D eigenvalue weighted by molar-refractivity contribution is 5.91. The van der Waals surface area contributed by atoms with Crippen molar-refractivity contribution >= 4 is 22.6 Å². The van der Waals surface area contributed by atoms with Gasteiger partial charge in [0.15, 0.2) is 0 Å². The highest BCUT2D eigenvalue weighted by Gasteiger charge is 2.39. The summed E-state index contributed by atoms with van der Waals surface area (Å²) < 4.78 is 5.52. The standard InChI is InChI=1S/C25H32N2O4/c1-31-22-10-9-18(20-7-2-3-8-21(20)22)16-25(13-11-23(29)26-25)14-12-24(30)27-15-5-4-6-19(27)17-28/h2-3,7-10,19,28H,4-6,11-17H2,1H3,(H,26,29)/t19-,25-/m0/s1. The number of aliphatic hydroxyl groups is 1. The average Bonchev–Trinajstić information content (AvgIpc) is 3.18. The van der Waals surface area contributed by atoms with E-state index in [9.17, 15) is 14.7 Å². The number of piperidine rings is 1. The van der Waals surface area contributed by atoms with E-state index in [2.05, 4.69) is 17.4 Å². The van der Waals surface area contributed by atoms with E-state index in [-0.39, 0.29) is 24.5 Å². The molecule has 2 fully saturated rings. The lowest BCUT2D eigenvalue weighted by Crippen LogP contribution is -2.48. The number of carbonyl (C=O) groups is 2. The summed E-state index contributed by atoms with van der Waals surface area (Å²) >= 11 is 0. The summed E-state index contributed by atoms with van der Waals surface area (Å²) in [4.78, 5) is 27.0. The minimum absolute atomic E-state index is 0.0193. The fourth-order valence-corrected chi connectivity index (χ4v) is 5.22. The molecule has 2 N–H and O–H groups in total. The maximum absolute atomic E-state index is 13.0. The Labute approximate surface area is 183 Å². The highest BCUT2D eigenvalue weighted by Crippen LogP contribution is 2.35. The first-order valence-electron chi connectivity index (χ1n) is 11.3. The summed E-state index contributed by atoms with van der Waals surface area (Å²) in [5.41, 5.74) is 0.728. The van der Waals surface area contributed by atoms with Crippen molar-refractivity contribution in [1.82, 2.24) is 10.2 Å². The lowest BCUT2D eigenvalue weighted by molar-refractivity contribution is -0.136. The molecule has 2 aliphatic rings. The Bertz CT molecular complexity index is 960. The van der Waals surface area contributed by atoms with Crippen LogP contribution in [0.2, 0.25) is 0 Å². The molecule has 0 saturated carbocycles. The Kier molecular flexibility index (Phi) is 6.46. The normalized spacial score (nSPS) is 23.7. The Balaban J connectivity index is 1.55. The number of methoxy groups -OCH3 is 1. The van der Waals surface area contributed by atoms with Crippen LogP contribution in [0.5, 0.6) is 5.75 Å². The van der Waals surface area contributed by atoms with Gasteiger partial charge in [-0.3, -0.25) is 9.59 Å². The number of hydrogen-bond donors (Lipinski definition) is 2. The number of carbonyl (C=O) groups excluding carboxylic acids is 2. The maximum Gasteiger partial charge on any atom is 0.222 e. The molecule has 2 heterocycles. The zero-order valence-electron chi connectivity index (χ0n) is 18.2. The van der Waals surface area contributed by atoms with Gasteiger partial charge in [-0.25, -0.2) is 0 Å². The van der Waals surface area contributed by atoms with E-state index in [1.54, 1.807) is 7.11 Å². The van der Waals surface area contributed by atoms with Crippen molar-refractivity contribution < 1.29 is 19.4 Å². The molecule has 0 unspecified atom stereocenters. The van der Waals surface area contributed by atoms with Gasteiger partial charge in [-0.2, -0.15) is 0 Å². The zero-order chi connectivity index (χ0) is 21.8. The molecule has 2 saturated heterocycles. The lowest BCUT2D eigenvalue weighted by atomic mass is 9.83. The van der Waals surface area contributed by atoms with Crippen molar-refractivity contribution in [1.29, 1.82) is 0 Å². The maximum atomic E-state index is 13.0. The minimum Gasteiger partial charge on any atom is -0.496 e. The second-order valence-corrected chi connectivity index (χ2v) is 8.90. The van der Waals surface area contributed by atoms with Crippen LogP contribution < -0.4 is 10.1 Å². The van der Waals surface area contributed by atoms with E-state index in [4.69, 9.17) is 4.74 Å². The molecule has 2 aliphatic heterocycles. The molecule has 0 spiro atoms. The second kappa shape index (κ2) is 9.27. The summed E-state index contributed by atoms with van der Waals surface area (Å²) in [6, 6.07) is 12.1. The van der Waals surface area contributed by atoms with E-state index in [1.165, 1.54) is 0 Å². The summed E-state index contributed by atoms with van der Waals surface area (Å²) in [5.74, 6) is 0.967. The van der Waals surface area contributed by atoms with Gasteiger partial charge in [0.25, 0.3) is 0 Å². The average molecular weight is 425 g/mol. The van der Waals surface area contributed by atoms with Gasteiger partial charge in [-0.1, -0.05) is 30.3 Å². The highest BCUT2D eigenvalue weighted by atomic mass is 16.5. The van der Waals surface area contributed by atoms with Crippen molar-refractivity contribution in [2.24, 2.45) is 0 Å². The molecular formula is C25H32N2O4. The number of amides is 2. The first kappa shape index (κ1) is 21.6. The van der Waals surface area contributed by atoms with Crippen molar-refractivity contribution in [2.75, 3.05) is 20.3 Å². The van der Waals surface area contributed by atoms with E-state index in [1.807, 2.05) is 29.2 Å². The smallest absolute Gasteiger partial charge is 0.222 e. The largest absolute Gasteiger partial charge is 0.496 e. The van der Waals surface area contributed by atoms with Crippen LogP contribution in [-0.2, 0) is 16.0 Å². The molecule has 2 aromatic rings. The van der Waals surface area contributed by atoms with Gasteiger partial charge < -0.3 is 20.1 Å². The molecule has 0 aliphatic carbocycles. The van der Waals surface area contributed by atoms with Crippen LogP contribution in [0.15, 0.2) is 36.4 Å². The van der Waals surface area contributed by atoms with Gasteiger partial charge >= 0.3 is 0 Å². The van der Waals surface area contributed by atoms with E-state index in [0.29, 0.717) is 32.2 Å². The second-order valence-electron chi connectivity index (χ2n) is 8.90. The van der Waals surface area contributed by atoms with Crippen LogP contribution in [0.4, 0.5) is 0 Å². The predicted molar refractivity (Wildman–Crippen MR) is 120 cm³/mol. The number of fused-ring (bicyclic) bond motifs is 1. The topological polar surface area (TPSA) is 78.9 Å². The quantitative estimate of drug-likeness (QED) is 0.716. The van der Waals surface area contributed by atoms with Gasteiger partial charge in [0.1, 0.15) is 5.75 Å². The summed E-state index contributed by atoms with van der Waals surface area (Å²) in [6.45, 7) is 0.734. The number of nitrogens with zero attached hydrogens (tertiary/aromatic N) is 1. The SMILES string of the molecule is COc1ccc(C[C@@]2(CCC(=O)N3CCCC[C@H]3CO)CCC(=O)N2)c2ccccc12. The first-order valence-corrected chi connectivity index (χ1v) is 11.3. The van der Waals surface area contributed by atoms with Gasteiger partial charge in [-0.05, 0) is 55.5 Å². The predicted octanol–water partition coefficient (Wildman–Crippen LogP) is 3.19.